The second kappa shape index (κ2) is 7.82. The lowest BCUT2D eigenvalue weighted by Crippen LogP contribution is -2.55. The quantitative estimate of drug-likeness (QED) is 0.716. The number of likely N-dealkylation sites (tertiary alicyclic amines) is 1. The molecule has 3 N–H and O–H groups in total. The SMILES string of the molecule is CC(C)(C)OC(=O)[C@@H]1C[C@]2(CN(c3ccccc3)C(=O)N2)CN1C(=O)[C@@H](N)C(C)(C)C. The van der Waals surface area contributed by atoms with Crippen molar-refractivity contribution in [2.75, 3.05) is 18.0 Å². The summed E-state index contributed by atoms with van der Waals surface area (Å²) < 4.78 is 5.61. The fraction of sp³-hybridized carbons (Fsp3) is 0.609. The van der Waals surface area contributed by atoms with Crippen LogP contribution in [0.2, 0.25) is 0 Å². The van der Waals surface area contributed by atoms with Crippen molar-refractivity contribution < 1.29 is 19.1 Å². The Kier molecular flexibility index (Phi) is 5.82. The minimum Gasteiger partial charge on any atom is -0.458 e. The molecule has 0 unspecified atom stereocenters. The average molecular weight is 431 g/mol. The van der Waals surface area contributed by atoms with Crippen molar-refractivity contribution in [1.82, 2.24) is 10.2 Å². The fourth-order valence-corrected chi connectivity index (χ4v) is 4.07. The number of hydrogen-bond acceptors (Lipinski definition) is 5. The van der Waals surface area contributed by atoms with Gasteiger partial charge in [-0.3, -0.25) is 9.69 Å². The molecule has 0 bridgehead atoms. The summed E-state index contributed by atoms with van der Waals surface area (Å²) in [5.41, 5.74) is 5.11. The summed E-state index contributed by atoms with van der Waals surface area (Å²) in [6, 6.07) is 7.49. The molecule has 0 radical (unpaired) electrons. The second-order valence-electron chi connectivity index (χ2n) is 10.7. The number of amides is 3. The zero-order chi connectivity index (χ0) is 23.2. The third-order valence-electron chi connectivity index (χ3n) is 5.74. The molecular formula is C23H34N4O4. The molecule has 3 rings (SSSR count). The zero-order valence-corrected chi connectivity index (χ0v) is 19.3. The standard InChI is InChI=1S/C23H34N4O4/c1-21(2,3)17(24)18(28)27-14-23(12-16(27)19(29)31-22(4,5)6)13-26(20(30)25-23)15-10-8-7-9-11-15/h7-11,16-17H,12-14,24H2,1-6H3,(H,25,30)/t16-,17+,23-/m0/s1. The smallest absolute Gasteiger partial charge is 0.329 e. The van der Waals surface area contributed by atoms with Crippen LogP contribution in [0.5, 0.6) is 0 Å². The molecule has 0 aliphatic carbocycles. The number of nitrogens with two attached hydrogens (primary N) is 1. The molecule has 3 atom stereocenters. The van der Waals surface area contributed by atoms with E-state index in [0.29, 0.717) is 6.54 Å². The van der Waals surface area contributed by atoms with Crippen LogP contribution in [0.4, 0.5) is 10.5 Å². The molecule has 2 aliphatic heterocycles. The van der Waals surface area contributed by atoms with Gasteiger partial charge in [0.2, 0.25) is 5.91 Å². The zero-order valence-electron chi connectivity index (χ0n) is 19.3. The van der Waals surface area contributed by atoms with Crippen LogP contribution in [-0.4, -0.2) is 59.1 Å². The van der Waals surface area contributed by atoms with Crippen molar-refractivity contribution in [3.63, 3.8) is 0 Å². The summed E-state index contributed by atoms with van der Waals surface area (Å²) in [5.74, 6) is -0.793. The Morgan fingerprint density at radius 2 is 1.74 bits per heavy atom. The largest absolute Gasteiger partial charge is 0.458 e. The Labute approximate surface area is 184 Å². The van der Waals surface area contributed by atoms with E-state index in [-0.39, 0.29) is 24.9 Å². The lowest BCUT2D eigenvalue weighted by Gasteiger charge is -2.33. The molecule has 0 saturated carbocycles. The number of carbonyl (C=O) groups excluding carboxylic acids is 3. The fourth-order valence-electron chi connectivity index (χ4n) is 4.07. The summed E-state index contributed by atoms with van der Waals surface area (Å²) in [5, 5.41) is 3.03. The van der Waals surface area contributed by atoms with Crippen LogP contribution in [0, 0.1) is 5.41 Å². The first-order valence-electron chi connectivity index (χ1n) is 10.7. The van der Waals surface area contributed by atoms with Gasteiger partial charge in [-0.25, -0.2) is 9.59 Å². The second-order valence-corrected chi connectivity index (χ2v) is 10.7. The van der Waals surface area contributed by atoms with Crippen molar-refractivity contribution in [2.45, 2.75) is 71.2 Å². The Morgan fingerprint density at radius 3 is 2.29 bits per heavy atom. The number of hydrogen-bond donors (Lipinski definition) is 2. The summed E-state index contributed by atoms with van der Waals surface area (Å²) in [4.78, 5) is 42.3. The highest BCUT2D eigenvalue weighted by Crippen LogP contribution is 2.36. The van der Waals surface area contributed by atoms with Crippen LogP contribution >= 0.6 is 0 Å². The monoisotopic (exact) mass is 430 g/mol. The van der Waals surface area contributed by atoms with Gasteiger partial charge in [0.25, 0.3) is 0 Å². The molecule has 2 fully saturated rings. The van der Waals surface area contributed by atoms with Crippen molar-refractivity contribution in [2.24, 2.45) is 11.1 Å². The Morgan fingerprint density at radius 1 is 1.13 bits per heavy atom. The van der Waals surface area contributed by atoms with E-state index in [1.54, 1.807) is 25.7 Å². The van der Waals surface area contributed by atoms with Gasteiger partial charge < -0.3 is 20.7 Å². The van der Waals surface area contributed by atoms with Gasteiger partial charge in [-0.05, 0) is 38.3 Å². The first kappa shape index (κ1) is 23.1. The van der Waals surface area contributed by atoms with Crippen molar-refractivity contribution in [1.29, 1.82) is 0 Å². The molecule has 170 valence electrons. The average Bonchev–Trinajstić information content (AvgIpc) is 3.19. The molecule has 0 aromatic heterocycles. The van der Waals surface area contributed by atoms with Gasteiger partial charge in [-0.2, -0.15) is 0 Å². The predicted octanol–water partition coefficient (Wildman–Crippen LogP) is 2.27. The van der Waals surface area contributed by atoms with E-state index < -0.39 is 34.6 Å². The number of urea groups is 1. The Hall–Kier alpha value is -2.61. The van der Waals surface area contributed by atoms with Gasteiger partial charge in [-0.1, -0.05) is 39.0 Å². The third kappa shape index (κ3) is 4.84. The van der Waals surface area contributed by atoms with E-state index in [0.717, 1.165) is 5.69 Å². The molecule has 2 saturated heterocycles. The van der Waals surface area contributed by atoms with Crippen LogP contribution in [0.1, 0.15) is 48.0 Å². The maximum absolute atomic E-state index is 13.3. The molecule has 2 aliphatic rings. The van der Waals surface area contributed by atoms with Gasteiger partial charge in [0.1, 0.15) is 11.6 Å². The molecular weight excluding hydrogens is 396 g/mol. The Bertz CT molecular complexity index is 859. The van der Waals surface area contributed by atoms with Crippen LogP contribution in [0.3, 0.4) is 0 Å². The molecule has 3 amide bonds. The van der Waals surface area contributed by atoms with Gasteiger partial charge in [0.15, 0.2) is 0 Å². The molecule has 1 aromatic carbocycles. The molecule has 1 aromatic rings. The highest BCUT2D eigenvalue weighted by molar-refractivity contribution is 5.96. The maximum Gasteiger partial charge on any atom is 0.329 e. The highest BCUT2D eigenvalue weighted by Gasteiger charge is 2.56. The summed E-state index contributed by atoms with van der Waals surface area (Å²) >= 11 is 0. The number of ether oxygens (including phenoxy) is 1. The van der Waals surface area contributed by atoms with Crippen LogP contribution in [-0.2, 0) is 14.3 Å². The van der Waals surface area contributed by atoms with Gasteiger partial charge in [0.05, 0.1) is 18.1 Å². The van der Waals surface area contributed by atoms with E-state index in [1.165, 1.54) is 4.90 Å². The van der Waals surface area contributed by atoms with Crippen LogP contribution in [0.15, 0.2) is 30.3 Å². The predicted molar refractivity (Wildman–Crippen MR) is 118 cm³/mol. The van der Waals surface area contributed by atoms with E-state index in [1.807, 2.05) is 51.1 Å². The Balaban J connectivity index is 1.90. The van der Waals surface area contributed by atoms with E-state index in [4.69, 9.17) is 10.5 Å². The first-order valence-corrected chi connectivity index (χ1v) is 10.7. The summed E-state index contributed by atoms with van der Waals surface area (Å²) in [6.45, 7) is 11.6. The number of rotatable bonds is 3. The van der Waals surface area contributed by atoms with Gasteiger partial charge >= 0.3 is 12.0 Å². The number of anilines is 1. The van der Waals surface area contributed by atoms with Gasteiger partial charge in [0, 0.05) is 18.7 Å². The van der Waals surface area contributed by atoms with E-state index in [9.17, 15) is 14.4 Å². The number of para-hydroxylation sites is 1. The molecule has 8 heteroatoms. The van der Waals surface area contributed by atoms with Gasteiger partial charge in [-0.15, -0.1) is 0 Å². The molecule has 2 heterocycles. The van der Waals surface area contributed by atoms with Crippen LogP contribution in [0.25, 0.3) is 0 Å². The van der Waals surface area contributed by atoms with Crippen molar-refractivity contribution >= 4 is 23.6 Å². The number of benzene rings is 1. The number of nitrogens with zero attached hydrogens (tertiary/aromatic N) is 2. The molecule has 1 spiro atoms. The van der Waals surface area contributed by atoms with Crippen LogP contribution < -0.4 is 16.0 Å². The number of esters is 1. The lowest BCUT2D eigenvalue weighted by molar-refractivity contribution is -0.163. The normalized spacial score (nSPS) is 25.0. The van der Waals surface area contributed by atoms with Crippen molar-refractivity contribution in [3.05, 3.63) is 30.3 Å². The van der Waals surface area contributed by atoms with E-state index >= 15 is 0 Å². The molecule has 8 nitrogen and oxygen atoms in total. The summed E-state index contributed by atoms with van der Waals surface area (Å²) in [6.07, 6.45) is 0.277. The first-order chi connectivity index (χ1) is 14.2. The summed E-state index contributed by atoms with van der Waals surface area (Å²) in [7, 11) is 0. The minimum atomic E-state index is -0.809. The maximum atomic E-state index is 13.3. The topological polar surface area (TPSA) is 105 Å². The third-order valence-corrected chi connectivity index (χ3v) is 5.74. The lowest BCUT2D eigenvalue weighted by atomic mass is 9.86. The van der Waals surface area contributed by atoms with E-state index in [2.05, 4.69) is 5.32 Å². The number of carbonyl (C=O) groups is 3. The number of nitrogens with one attached hydrogen (secondary N) is 1. The highest BCUT2D eigenvalue weighted by atomic mass is 16.6. The minimum absolute atomic E-state index is 0.203. The van der Waals surface area contributed by atoms with Crippen molar-refractivity contribution in [3.8, 4) is 0 Å². The molecule has 31 heavy (non-hydrogen) atoms.